The first-order chi connectivity index (χ1) is 10.5. The second kappa shape index (κ2) is 6.93. The lowest BCUT2D eigenvalue weighted by molar-refractivity contribution is -0.119. The lowest BCUT2D eigenvalue weighted by Crippen LogP contribution is -2.41. The number of hydrogen-bond acceptors (Lipinski definition) is 6. The quantitative estimate of drug-likeness (QED) is 0.648. The molecule has 0 aliphatic heterocycles. The van der Waals surface area contributed by atoms with Gasteiger partial charge in [-0.2, -0.15) is 0 Å². The number of thioether (sulfide) groups is 1. The third-order valence-corrected chi connectivity index (χ3v) is 4.94. The molecule has 0 saturated heterocycles. The SMILES string of the molecule is CCn1c(S[C@@H](C)C(=O)NC(=O)NC)nc2ccsc2c1=O. The fourth-order valence-electron chi connectivity index (χ4n) is 1.78. The Hall–Kier alpha value is -1.87. The Morgan fingerprint density at radius 2 is 2.23 bits per heavy atom. The van der Waals surface area contributed by atoms with Crippen LogP contribution in [0.3, 0.4) is 0 Å². The van der Waals surface area contributed by atoms with E-state index in [1.165, 1.54) is 23.0 Å². The van der Waals surface area contributed by atoms with Gasteiger partial charge in [-0.05, 0) is 25.3 Å². The van der Waals surface area contributed by atoms with E-state index in [9.17, 15) is 14.4 Å². The molecule has 0 fully saturated rings. The molecule has 2 heterocycles. The summed E-state index contributed by atoms with van der Waals surface area (Å²) in [4.78, 5) is 39.9. The number of fused-ring (bicyclic) bond motifs is 1. The number of imide groups is 1. The summed E-state index contributed by atoms with van der Waals surface area (Å²) in [5.41, 5.74) is 0.519. The lowest BCUT2D eigenvalue weighted by Gasteiger charge is -2.14. The normalized spacial score (nSPS) is 12.1. The average molecular weight is 340 g/mol. The molecule has 0 radical (unpaired) electrons. The highest BCUT2D eigenvalue weighted by atomic mass is 32.2. The Labute approximate surface area is 135 Å². The van der Waals surface area contributed by atoms with E-state index in [0.29, 0.717) is 21.9 Å². The minimum atomic E-state index is -0.563. The second-order valence-corrected chi connectivity index (χ2v) is 6.63. The van der Waals surface area contributed by atoms with Gasteiger partial charge in [0.05, 0.1) is 10.8 Å². The van der Waals surface area contributed by atoms with E-state index in [-0.39, 0.29) is 5.56 Å². The largest absolute Gasteiger partial charge is 0.341 e. The first-order valence-corrected chi connectivity index (χ1v) is 8.41. The fourth-order valence-corrected chi connectivity index (χ4v) is 3.53. The van der Waals surface area contributed by atoms with Crippen molar-refractivity contribution in [3.8, 4) is 0 Å². The summed E-state index contributed by atoms with van der Waals surface area (Å²) in [5.74, 6) is -0.438. The highest BCUT2D eigenvalue weighted by molar-refractivity contribution is 8.00. The van der Waals surface area contributed by atoms with E-state index in [4.69, 9.17) is 0 Å². The maximum Gasteiger partial charge on any atom is 0.321 e. The van der Waals surface area contributed by atoms with E-state index in [2.05, 4.69) is 15.6 Å². The molecule has 0 unspecified atom stereocenters. The van der Waals surface area contributed by atoms with Crippen LogP contribution in [-0.4, -0.2) is 33.8 Å². The van der Waals surface area contributed by atoms with Crippen LogP contribution in [0, 0.1) is 0 Å². The van der Waals surface area contributed by atoms with Gasteiger partial charge in [-0.1, -0.05) is 11.8 Å². The van der Waals surface area contributed by atoms with Crippen molar-refractivity contribution < 1.29 is 9.59 Å². The number of carbonyl (C=O) groups is 2. The van der Waals surface area contributed by atoms with E-state index < -0.39 is 17.2 Å². The summed E-state index contributed by atoms with van der Waals surface area (Å²) in [6.07, 6.45) is 0. The van der Waals surface area contributed by atoms with Gasteiger partial charge in [0.25, 0.3) is 5.56 Å². The number of thiophene rings is 1. The Morgan fingerprint density at radius 3 is 2.86 bits per heavy atom. The van der Waals surface area contributed by atoms with E-state index in [1.54, 1.807) is 13.0 Å². The van der Waals surface area contributed by atoms with Crippen molar-refractivity contribution in [1.29, 1.82) is 0 Å². The molecule has 0 saturated carbocycles. The molecule has 22 heavy (non-hydrogen) atoms. The molecular formula is C13H16N4O3S2. The van der Waals surface area contributed by atoms with Crippen LogP contribution < -0.4 is 16.2 Å². The van der Waals surface area contributed by atoms with Gasteiger partial charge in [0, 0.05) is 13.6 Å². The van der Waals surface area contributed by atoms with Crippen LogP contribution in [0.5, 0.6) is 0 Å². The van der Waals surface area contributed by atoms with Gasteiger partial charge in [-0.3, -0.25) is 19.5 Å². The summed E-state index contributed by atoms with van der Waals surface area (Å²) < 4.78 is 2.14. The molecule has 0 aromatic carbocycles. The first-order valence-electron chi connectivity index (χ1n) is 6.65. The van der Waals surface area contributed by atoms with Crippen LogP contribution in [0.1, 0.15) is 13.8 Å². The van der Waals surface area contributed by atoms with Gasteiger partial charge in [-0.15, -0.1) is 11.3 Å². The summed E-state index contributed by atoms with van der Waals surface area (Å²) in [6.45, 7) is 3.97. The van der Waals surface area contributed by atoms with Crippen molar-refractivity contribution in [1.82, 2.24) is 20.2 Å². The number of rotatable bonds is 4. The zero-order valence-corrected chi connectivity index (χ0v) is 14.0. The highest BCUT2D eigenvalue weighted by Crippen LogP contribution is 2.24. The number of amides is 3. The molecule has 2 rings (SSSR count). The number of nitrogens with zero attached hydrogens (tertiary/aromatic N) is 2. The number of urea groups is 1. The van der Waals surface area contributed by atoms with Crippen molar-refractivity contribution in [2.75, 3.05) is 7.05 Å². The van der Waals surface area contributed by atoms with Gasteiger partial charge in [0.15, 0.2) is 5.16 Å². The van der Waals surface area contributed by atoms with Gasteiger partial charge >= 0.3 is 6.03 Å². The number of carbonyl (C=O) groups excluding carboxylic acids is 2. The monoisotopic (exact) mass is 340 g/mol. The van der Waals surface area contributed by atoms with Crippen molar-refractivity contribution in [2.24, 2.45) is 0 Å². The smallest absolute Gasteiger partial charge is 0.321 e. The Kier molecular flexibility index (Phi) is 5.19. The zero-order chi connectivity index (χ0) is 16.3. The molecule has 3 amide bonds. The molecule has 1 atom stereocenters. The summed E-state index contributed by atoms with van der Waals surface area (Å²) in [5, 5.41) is 6.26. The molecule has 0 aliphatic carbocycles. The summed E-state index contributed by atoms with van der Waals surface area (Å²) in [7, 11) is 1.43. The van der Waals surface area contributed by atoms with E-state index in [1.807, 2.05) is 12.3 Å². The fraction of sp³-hybridized carbons (Fsp3) is 0.385. The zero-order valence-electron chi connectivity index (χ0n) is 12.4. The van der Waals surface area contributed by atoms with Crippen molar-refractivity contribution >= 4 is 45.3 Å². The lowest BCUT2D eigenvalue weighted by atomic mass is 10.4. The molecule has 118 valence electrons. The predicted octanol–water partition coefficient (Wildman–Crippen LogP) is 1.41. The van der Waals surface area contributed by atoms with E-state index in [0.717, 1.165) is 11.8 Å². The Morgan fingerprint density at radius 1 is 1.50 bits per heavy atom. The molecule has 0 aliphatic rings. The highest BCUT2D eigenvalue weighted by Gasteiger charge is 2.20. The van der Waals surface area contributed by atoms with Gasteiger partial charge in [0.2, 0.25) is 5.91 Å². The third kappa shape index (κ3) is 3.30. The van der Waals surface area contributed by atoms with Crippen molar-refractivity contribution in [3.63, 3.8) is 0 Å². The summed E-state index contributed by atoms with van der Waals surface area (Å²) in [6, 6.07) is 1.22. The Balaban J connectivity index is 2.28. The molecule has 2 N–H and O–H groups in total. The number of nitrogens with one attached hydrogen (secondary N) is 2. The molecule has 9 heteroatoms. The minimum Gasteiger partial charge on any atom is -0.341 e. The van der Waals surface area contributed by atoms with Gasteiger partial charge in [-0.25, -0.2) is 9.78 Å². The summed E-state index contributed by atoms with van der Waals surface area (Å²) >= 11 is 2.50. The molecular weight excluding hydrogens is 324 g/mol. The molecule has 0 bridgehead atoms. The minimum absolute atomic E-state index is 0.107. The predicted molar refractivity (Wildman–Crippen MR) is 87.5 cm³/mol. The maximum atomic E-state index is 12.4. The van der Waals surface area contributed by atoms with Crippen LogP contribution in [0.25, 0.3) is 10.2 Å². The molecule has 7 nitrogen and oxygen atoms in total. The van der Waals surface area contributed by atoms with Gasteiger partial charge < -0.3 is 5.32 Å². The van der Waals surface area contributed by atoms with Crippen LogP contribution in [0.2, 0.25) is 0 Å². The van der Waals surface area contributed by atoms with Gasteiger partial charge in [0.1, 0.15) is 4.70 Å². The molecule has 0 spiro atoms. The third-order valence-electron chi connectivity index (χ3n) is 2.96. The van der Waals surface area contributed by atoms with Crippen molar-refractivity contribution in [2.45, 2.75) is 30.8 Å². The van der Waals surface area contributed by atoms with Crippen LogP contribution in [-0.2, 0) is 11.3 Å². The Bertz CT molecular complexity index is 768. The standard InChI is InChI=1S/C13H16N4O3S2/c1-4-17-11(19)9-8(5-6-21-9)15-13(17)22-7(2)10(18)16-12(20)14-3/h5-7H,4H2,1-3H3,(H2,14,16,18,20)/t7-/m0/s1. The molecule has 2 aromatic heterocycles. The van der Waals surface area contributed by atoms with Crippen LogP contribution in [0.4, 0.5) is 4.79 Å². The maximum absolute atomic E-state index is 12.4. The first kappa shape index (κ1) is 16.5. The van der Waals surface area contributed by atoms with Crippen LogP contribution >= 0.6 is 23.1 Å². The van der Waals surface area contributed by atoms with E-state index >= 15 is 0 Å². The topological polar surface area (TPSA) is 93.1 Å². The number of aromatic nitrogens is 2. The van der Waals surface area contributed by atoms with Crippen molar-refractivity contribution in [3.05, 3.63) is 21.8 Å². The number of hydrogen-bond donors (Lipinski definition) is 2. The van der Waals surface area contributed by atoms with Crippen LogP contribution in [0.15, 0.2) is 21.4 Å². The average Bonchev–Trinajstić information content (AvgIpc) is 2.95. The second-order valence-electron chi connectivity index (χ2n) is 4.41. The molecule has 2 aromatic rings.